The number of hydrogen-bond donors (Lipinski definition) is 0. The molecule has 1 aliphatic heterocycles. The smallest absolute Gasteiger partial charge is 0.399 e. The van der Waals surface area contributed by atoms with Crippen molar-refractivity contribution < 1.29 is 9.31 Å². The molecule has 2 aromatic carbocycles. The Morgan fingerprint density at radius 1 is 0.839 bits per heavy atom. The van der Waals surface area contributed by atoms with Gasteiger partial charge in [0.15, 0.2) is 0 Å². The highest BCUT2D eigenvalue weighted by molar-refractivity contribution is 6.92. The number of aromatic nitrogens is 2. The van der Waals surface area contributed by atoms with Crippen LogP contribution < -0.4 is 10.8 Å². The number of hydrogen-bond acceptors (Lipinski definition) is 3. The van der Waals surface area contributed by atoms with Gasteiger partial charge in [0.25, 0.3) is 0 Å². The van der Waals surface area contributed by atoms with Crippen LogP contribution in [-0.4, -0.2) is 36.2 Å². The second-order valence-corrected chi connectivity index (χ2v) is 15.5. The topological polar surface area (TPSA) is 36.3 Å². The maximum absolute atomic E-state index is 6.57. The summed E-state index contributed by atoms with van der Waals surface area (Å²) in [6.45, 7) is 17.5. The average molecular weight is 432 g/mol. The van der Waals surface area contributed by atoms with Gasteiger partial charge in [0.1, 0.15) is 8.07 Å². The van der Waals surface area contributed by atoms with Crippen molar-refractivity contribution in [2.24, 2.45) is 0 Å². The number of benzene rings is 2. The van der Waals surface area contributed by atoms with E-state index in [1.165, 1.54) is 5.56 Å². The van der Waals surface area contributed by atoms with E-state index < -0.39 is 26.4 Å². The molecule has 162 valence electrons. The first-order valence-electron chi connectivity index (χ1n) is 11.0. The molecule has 1 fully saturated rings. The second kappa shape index (κ2) is 7.47. The summed E-state index contributed by atoms with van der Waals surface area (Å²) in [5.41, 5.74) is 4.71. The summed E-state index contributed by atoms with van der Waals surface area (Å²) in [4.78, 5) is 0. The lowest BCUT2D eigenvalue weighted by Crippen LogP contribution is -2.54. The number of aryl methyl sites for hydroxylation is 1. The standard InChI is InChI=1S/C25H33BN2O2Si/c1-18-14-16-19(17-15-18)22-21(26-29-24(2,3)25(4,5)30-26)23(31(6,7)8)27-28(22)20-12-10-9-11-13-20/h9-17H,1-8H3. The molecule has 0 atom stereocenters. The third-order valence-corrected chi connectivity index (χ3v) is 8.24. The Balaban J connectivity index is 2.02. The van der Waals surface area contributed by atoms with Gasteiger partial charge in [0.2, 0.25) is 0 Å². The van der Waals surface area contributed by atoms with Crippen molar-refractivity contribution in [1.82, 2.24) is 9.78 Å². The summed E-state index contributed by atoms with van der Waals surface area (Å²) in [5.74, 6) is 0. The number of rotatable bonds is 4. The van der Waals surface area contributed by atoms with Crippen molar-refractivity contribution >= 4 is 26.0 Å². The highest BCUT2D eigenvalue weighted by atomic mass is 28.3. The molecule has 6 heteroatoms. The highest BCUT2D eigenvalue weighted by Gasteiger charge is 2.54. The van der Waals surface area contributed by atoms with E-state index in [1.54, 1.807) is 0 Å². The van der Waals surface area contributed by atoms with Crippen LogP contribution in [0.4, 0.5) is 0 Å². The van der Waals surface area contributed by atoms with Gasteiger partial charge in [0, 0.05) is 10.8 Å². The van der Waals surface area contributed by atoms with Gasteiger partial charge in [-0.3, -0.25) is 0 Å². The minimum absolute atomic E-state index is 0.409. The fraction of sp³-hybridized carbons (Fsp3) is 0.400. The number of nitrogens with zero attached hydrogens (tertiary/aromatic N) is 2. The van der Waals surface area contributed by atoms with Crippen LogP contribution in [0.25, 0.3) is 16.9 Å². The first-order chi connectivity index (χ1) is 14.4. The molecule has 1 aromatic heterocycles. The van der Waals surface area contributed by atoms with Crippen LogP contribution in [0.3, 0.4) is 0 Å². The van der Waals surface area contributed by atoms with Crippen molar-refractivity contribution in [2.75, 3.05) is 0 Å². The monoisotopic (exact) mass is 432 g/mol. The molecule has 0 amide bonds. The average Bonchev–Trinajstić information content (AvgIpc) is 3.18. The summed E-state index contributed by atoms with van der Waals surface area (Å²) in [6.07, 6.45) is 0. The van der Waals surface area contributed by atoms with Crippen LogP contribution >= 0.6 is 0 Å². The van der Waals surface area contributed by atoms with Gasteiger partial charge >= 0.3 is 7.12 Å². The first-order valence-corrected chi connectivity index (χ1v) is 14.5. The molecule has 0 aliphatic carbocycles. The molecule has 0 radical (unpaired) electrons. The Kier molecular flexibility index (Phi) is 5.32. The Hall–Kier alpha value is -2.15. The first kappa shape index (κ1) is 22.1. The molecule has 31 heavy (non-hydrogen) atoms. The van der Waals surface area contributed by atoms with Crippen molar-refractivity contribution in [1.29, 1.82) is 0 Å². The predicted molar refractivity (Wildman–Crippen MR) is 132 cm³/mol. The summed E-state index contributed by atoms with van der Waals surface area (Å²) < 4.78 is 15.2. The SMILES string of the molecule is Cc1ccc(-c2c(B3OC(C)(C)C(C)(C)O3)c([Si](C)(C)C)nn2-c2ccccc2)cc1. The molecule has 2 heterocycles. The molecule has 0 unspecified atom stereocenters. The molecule has 4 nitrogen and oxygen atoms in total. The molecular weight excluding hydrogens is 399 g/mol. The van der Waals surface area contributed by atoms with Gasteiger partial charge < -0.3 is 9.31 Å². The van der Waals surface area contributed by atoms with Crippen molar-refractivity contribution in [3.8, 4) is 16.9 Å². The maximum Gasteiger partial charge on any atom is 0.498 e. The van der Waals surface area contributed by atoms with Crippen LogP contribution in [0.5, 0.6) is 0 Å². The van der Waals surface area contributed by atoms with Gasteiger partial charge in [-0.1, -0.05) is 67.7 Å². The van der Waals surface area contributed by atoms with Gasteiger partial charge in [-0.15, -0.1) is 0 Å². The summed E-state index contributed by atoms with van der Waals surface area (Å²) in [6, 6.07) is 19.0. The molecule has 0 saturated carbocycles. The van der Waals surface area contributed by atoms with E-state index in [0.29, 0.717) is 0 Å². The fourth-order valence-corrected chi connectivity index (χ4v) is 5.36. The lowest BCUT2D eigenvalue weighted by Gasteiger charge is -2.32. The zero-order valence-electron chi connectivity index (χ0n) is 20.0. The van der Waals surface area contributed by atoms with Crippen molar-refractivity contribution in [2.45, 2.75) is 65.5 Å². The lowest BCUT2D eigenvalue weighted by atomic mass is 9.77. The Bertz CT molecular complexity index is 1070. The highest BCUT2D eigenvalue weighted by Crippen LogP contribution is 2.37. The summed E-state index contributed by atoms with van der Waals surface area (Å²) in [7, 11) is -2.28. The minimum Gasteiger partial charge on any atom is -0.399 e. The van der Waals surface area contributed by atoms with Crippen LogP contribution in [-0.2, 0) is 9.31 Å². The molecule has 0 spiro atoms. The van der Waals surface area contributed by atoms with Crippen LogP contribution in [0.15, 0.2) is 54.6 Å². The molecule has 4 rings (SSSR count). The van der Waals surface area contributed by atoms with Crippen LogP contribution in [0.1, 0.15) is 33.3 Å². The fourth-order valence-electron chi connectivity index (χ4n) is 3.91. The van der Waals surface area contributed by atoms with Crippen LogP contribution in [0, 0.1) is 6.92 Å². The van der Waals surface area contributed by atoms with Crippen LogP contribution in [0.2, 0.25) is 19.6 Å². The predicted octanol–water partition coefficient (Wildman–Crippen LogP) is 4.69. The van der Waals surface area contributed by atoms with E-state index in [4.69, 9.17) is 14.4 Å². The molecule has 0 N–H and O–H groups in total. The molecular formula is C25H33BN2O2Si. The molecule has 3 aromatic rings. The van der Waals surface area contributed by atoms with E-state index in [1.807, 2.05) is 6.07 Å². The van der Waals surface area contributed by atoms with E-state index in [-0.39, 0.29) is 0 Å². The quantitative estimate of drug-likeness (QED) is 0.561. The lowest BCUT2D eigenvalue weighted by molar-refractivity contribution is 0.00578. The third-order valence-electron chi connectivity index (χ3n) is 6.45. The third kappa shape index (κ3) is 3.93. The molecule has 1 saturated heterocycles. The normalized spacial score (nSPS) is 17.9. The van der Waals surface area contributed by atoms with E-state index >= 15 is 0 Å². The minimum atomic E-state index is -1.82. The van der Waals surface area contributed by atoms with Crippen molar-refractivity contribution in [3.05, 3.63) is 60.2 Å². The van der Waals surface area contributed by atoms with E-state index in [0.717, 1.165) is 27.7 Å². The molecule has 0 bridgehead atoms. The Morgan fingerprint density at radius 2 is 1.39 bits per heavy atom. The van der Waals surface area contributed by atoms with E-state index in [2.05, 4.69) is 107 Å². The van der Waals surface area contributed by atoms with Gasteiger partial charge in [-0.05, 0) is 52.3 Å². The second-order valence-electron chi connectivity index (χ2n) is 10.6. The van der Waals surface area contributed by atoms with Gasteiger partial charge in [0.05, 0.1) is 22.6 Å². The van der Waals surface area contributed by atoms with E-state index in [9.17, 15) is 0 Å². The zero-order chi connectivity index (χ0) is 22.6. The number of para-hydroxylation sites is 1. The molecule has 1 aliphatic rings. The summed E-state index contributed by atoms with van der Waals surface area (Å²) in [5, 5.41) is 6.34. The Morgan fingerprint density at radius 3 is 1.90 bits per heavy atom. The maximum atomic E-state index is 6.57. The zero-order valence-corrected chi connectivity index (χ0v) is 21.0. The largest absolute Gasteiger partial charge is 0.498 e. The van der Waals surface area contributed by atoms with Gasteiger partial charge in [-0.25, -0.2) is 4.68 Å². The van der Waals surface area contributed by atoms with Crippen molar-refractivity contribution in [3.63, 3.8) is 0 Å². The Labute approximate surface area is 187 Å². The van der Waals surface area contributed by atoms with Gasteiger partial charge in [-0.2, -0.15) is 5.10 Å². The summed E-state index contributed by atoms with van der Waals surface area (Å²) >= 11 is 0.